The van der Waals surface area contributed by atoms with Crippen molar-refractivity contribution in [1.29, 1.82) is 0 Å². The van der Waals surface area contributed by atoms with Gasteiger partial charge in [-0.2, -0.15) is 0 Å². The summed E-state index contributed by atoms with van der Waals surface area (Å²) < 4.78 is 5.44. The zero-order valence-corrected chi connectivity index (χ0v) is 12.3. The Hall–Kier alpha value is -1.35. The van der Waals surface area contributed by atoms with Crippen LogP contribution in [0.5, 0.6) is 5.75 Å². The minimum absolute atomic E-state index is 0.00940. The molecule has 1 fully saturated rings. The summed E-state index contributed by atoms with van der Waals surface area (Å²) in [5.74, 6) is 1.59. The van der Waals surface area contributed by atoms with E-state index < -0.39 is 0 Å². The molecule has 1 saturated heterocycles. The monoisotopic (exact) mass is 261 g/mol. The molecule has 0 bridgehead atoms. The maximum atomic E-state index is 12.3. The number of carbonyl (C=O) groups excluding carboxylic acids is 1. The highest BCUT2D eigenvalue weighted by Crippen LogP contribution is 2.34. The van der Waals surface area contributed by atoms with E-state index in [9.17, 15) is 4.79 Å². The van der Waals surface area contributed by atoms with E-state index in [1.165, 1.54) is 5.56 Å². The van der Waals surface area contributed by atoms with Crippen LogP contribution in [0.4, 0.5) is 0 Å². The van der Waals surface area contributed by atoms with E-state index in [-0.39, 0.29) is 5.92 Å². The lowest BCUT2D eigenvalue weighted by molar-refractivity contribution is -0.123. The van der Waals surface area contributed by atoms with E-state index in [4.69, 9.17) is 4.74 Å². The van der Waals surface area contributed by atoms with Gasteiger partial charge in [0.1, 0.15) is 5.75 Å². The standard InChI is InChI=1S/C16H23NO2/c1-11(2)12-5-6-16(19-4)14(9-12)13-7-8-17(3)10-15(13)18/h5-6,9,11,13H,7-8,10H2,1-4H3. The van der Waals surface area contributed by atoms with Crippen LogP contribution in [-0.2, 0) is 4.79 Å². The molecule has 19 heavy (non-hydrogen) atoms. The van der Waals surface area contributed by atoms with Gasteiger partial charge >= 0.3 is 0 Å². The first-order valence-corrected chi connectivity index (χ1v) is 6.92. The van der Waals surface area contributed by atoms with Crippen molar-refractivity contribution in [2.24, 2.45) is 0 Å². The van der Waals surface area contributed by atoms with Crippen LogP contribution in [0.25, 0.3) is 0 Å². The van der Waals surface area contributed by atoms with Gasteiger partial charge in [-0.05, 0) is 37.6 Å². The van der Waals surface area contributed by atoms with Crippen LogP contribution in [-0.4, -0.2) is 37.9 Å². The van der Waals surface area contributed by atoms with E-state index in [0.29, 0.717) is 18.2 Å². The van der Waals surface area contributed by atoms with Gasteiger partial charge in [0.2, 0.25) is 0 Å². The maximum Gasteiger partial charge on any atom is 0.154 e. The molecule has 0 spiro atoms. The van der Waals surface area contributed by atoms with Gasteiger partial charge in [0.25, 0.3) is 0 Å². The number of carbonyl (C=O) groups is 1. The van der Waals surface area contributed by atoms with Crippen LogP contribution >= 0.6 is 0 Å². The molecule has 0 N–H and O–H groups in total. The normalized spacial score (nSPS) is 20.9. The first-order chi connectivity index (χ1) is 9.02. The van der Waals surface area contributed by atoms with Crippen LogP contribution in [0.15, 0.2) is 18.2 Å². The van der Waals surface area contributed by atoms with E-state index in [1.54, 1.807) is 7.11 Å². The summed E-state index contributed by atoms with van der Waals surface area (Å²) in [7, 11) is 3.67. The molecule has 1 aromatic rings. The lowest BCUT2D eigenvalue weighted by Crippen LogP contribution is -2.37. The number of benzene rings is 1. The number of hydrogen-bond donors (Lipinski definition) is 0. The third-order valence-corrected chi connectivity index (χ3v) is 3.91. The molecule has 1 aromatic carbocycles. The van der Waals surface area contributed by atoms with Gasteiger partial charge in [0.05, 0.1) is 13.7 Å². The molecular formula is C16H23NO2. The van der Waals surface area contributed by atoms with E-state index in [0.717, 1.165) is 24.3 Å². The van der Waals surface area contributed by atoms with Gasteiger partial charge < -0.3 is 4.74 Å². The molecule has 1 unspecified atom stereocenters. The number of methoxy groups -OCH3 is 1. The smallest absolute Gasteiger partial charge is 0.154 e. The van der Waals surface area contributed by atoms with Crippen molar-refractivity contribution in [1.82, 2.24) is 4.90 Å². The van der Waals surface area contributed by atoms with Crippen LogP contribution < -0.4 is 4.74 Å². The van der Waals surface area contributed by atoms with Crippen LogP contribution in [0.3, 0.4) is 0 Å². The lowest BCUT2D eigenvalue weighted by Gasteiger charge is -2.29. The first kappa shape index (κ1) is 14.1. The molecule has 0 amide bonds. The average molecular weight is 261 g/mol. The lowest BCUT2D eigenvalue weighted by atomic mass is 9.86. The molecule has 2 rings (SSSR count). The van der Waals surface area contributed by atoms with Crippen molar-refractivity contribution in [3.8, 4) is 5.75 Å². The Balaban J connectivity index is 2.36. The molecule has 0 radical (unpaired) electrons. The SMILES string of the molecule is COc1ccc(C(C)C)cc1C1CCN(C)CC1=O. The Morgan fingerprint density at radius 2 is 2.11 bits per heavy atom. The van der Waals surface area contributed by atoms with Crippen molar-refractivity contribution >= 4 is 5.78 Å². The van der Waals surface area contributed by atoms with Gasteiger partial charge in [-0.15, -0.1) is 0 Å². The second-order valence-electron chi connectivity index (χ2n) is 5.70. The predicted molar refractivity (Wildman–Crippen MR) is 76.9 cm³/mol. The van der Waals surface area contributed by atoms with Gasteiger partial charge in [-0.3, -0.25) is 9.69 Å². The molecule has 1 atom stereocenters. The third kappa shape index (κ3) is 2.98. The minimum Gasteiger partial charge on any atom is -0.496 e. The van der Waals surface area contributed by atoms with Crippen LogP contribution in [0.1, 0.15) is 43.2 Å². The second kappa shape index (κ2) is 5.74. The zero-order valence-electron chi connectivity index (χ0n) is 12.3. The number of Topliss-reactive ketones (excluding diaryl/α,β-unsaturated/α-hetero) is 1. The van der Waals surface area contributed by atoms with Gasteiger partial charge in [-0.25, -0.2) is 0 Å². The molecule has 0 saturated carbocycles. The Bertz CT molecular complexity index is 468. The van der Waals surface area contributed by atoms with E-state index in [2.05, 4.69) is 30.9 Å². The van der Waals surface area contributed by atoms with Crippen molar-refractivity contribution in [3.05, 3.63) is 29.3 Å². The summed E-state index contributed by atoms with van der Waals surface area (Å²) in [5.41, 5.74) is 2.33. The molecular weight excluding hydrogens is 238 g/mol. The number of piperidine rings is 1. The van der Waals surface area contributed by atoms with Gasteiger partial charge in [0.15, 0.2) is 5.78 Å². The fraction of sp³-hybridized carbons (Fsp3) is 0.562. The molecule has 1 heterocycles. The maximum absolute atomic E-state index is 12.3. The topological polar surface area (TPSA) is 29.5 Å². The number of ether oxygens (including phenoxy) is 1. The van der Waals surface area contributed by atoms with Gasteiger partial charge in [-0.1, -0.05) is 26.0 Å². The molecule has 3 heteroatoms. The minimum atomic E-state index is -0.00940. The fourth-order valence-electron chi connectivity index (χ4n) is 2.68. The molecule has 104 valence electrons. The predicted octanol–water partition coefficient (Wildman–Crippen LogP) is 2.81. The second-order valence-corrected chi connectivity index (χ2v) is 5.70. The first-order valence-electron chi connectivity index (χ1n) is 6.92. The van der Waals surface area contributed by atoms with E-state index in [1.807, 2.05) is 13.1 Å². The van der Waals surface area contributed by atoms with Crippen LogP contribution in [0.2, 0.25) is 0 Å². The summed E-state index contributed by atoms with van der Waals surface area (Å²) in [6.45, 7) is 5.84. The quantitative estimate of drug-likeness (QED) is 0.838. The number of likely N-dealkylation sites (N-methyl/N-ethyl adjacent to an activating group) is 1. The van der Waals surface area contributed by atoms with E-state index >= 15 is 0 Å². The summed E-state index contributed by atoms with van der Waals surface area (Å²) in [6, 6.07) is 6.24. The average Bonchev–Trinajstić information content (AvgIpc) is 2.38. The summed E-state index contributed by atoms with van der Waals surface area (Å²) in [6.07, 6.45) is 0.882. The number of ketones is 1. The zero-order chi connectivity index (χ0) is 14.0. The largest absolute Gasteiger partial charge is 0.496 e. The third-order valence-electron chi connectivity index (χ3n) is 3.91. The molecule has 1 aliphatic rings. The number of likely N-dealkylation sites (tertiary alicyclic amines) is 1. The van der Waals surface area contributed by atoms with Crippen molar-refractivity contribution in [2.75, 3.05) is 27.2 Å². The van der Waals surface area contributed by atoms with Crippen molar-refractivity contribution < 1.29 is 9.53 Å². The summed E-state index contributed by atoms with van der Waals surface area (Å²) >= 11 is 0. The molecule has 1 aliphatic heterocycles. The van der Waals surface area contributed by atoms with Gasteiger partial charge in [0, 0.05) is 11.5 Å². The molecule has 3 nitrogen and oxygen atoms in total. The van der Waals surface area contributed by atoms with Crippen molar-refractivity contribution in [2.45, 2.75) is 32.1 Å². The number of nitrogens with zero attached hydrogens (tertiary/aromatic N) is 1. The highest BCUT2D eigenvalue weighted by molar-refractivity contribution is 5.89. The number of hydrogen-bond acceptors (Lipinski definition) is 3. The molecule has 0 aliphatic carbocycles. The Morgan fingerprint density at radius 1 is 1.37 bits per heavy atom. The highest BCUT2D eigenvalue weighted by atomic mass is 16.5. The molecule has 0 aromatic heterocycles. The fourth-order valence-corrected chi connectivity index (χ4v) is 2.68. The summed E-state index contributed by atoms with van der Waals surface area (Å²) in [5, 5.41) is 0. The van der Waals surface area contributed by atoms with Crippen LogP contribution in [0, 0.1) is 0 Å². The Morgan fingerprint density at radius 3 is 2.68 bits per heavy atom. The Kier molecular flexibility index (Phi) is 4.25. The summed E-state index contributed by atoms with van der Waals surface area (Å²) in [4.78, 5) is 14.3. The Labute approximate surface area is 115 Å². The highest BCUT2D eigenvalue weighted by Gasteiger charge is 2.29. The van der Waals surface area contributed by atoms with Crippen molar-refractivity contribution in [3.63, 3.8) is 0 Å². The number of rotatable bonds is 3.